The lowest BCUT2D eigenvalue weighted by molar-refractivity contribution is -0.104. The van der Waals surface area contributed by atoms with E-state index in [1.165, 1.54) is 0 Å². The van der Waals surface area contributed by atoms with E-state index in [-0.39, 0.29) is 0 Å². The molecule has 0 N–H and O–H groups in total. The van der Waals surface area contributed by atoms with Gasteiger partial charge in [-0.25, -0.2) is 0 Å². The van der Waals surface area contributed by atoms with Gasteiger partial charge in [0.15, 0.2) is 0 Å². The van der Waals surface area contributed by atoms with Crippen molar-refractivity contribution < 1.29 is 4.79 Å². The minimum Gasteiger partial charge on any atom is -0.299 e. The topological polar surface area (TPSA) is 17.1 Å². The Morgan fingerprint density at radius 1 is 1.23 bits per heavy atom. The van der Waals surface area contributed by atoms with Crippen LogP contribution in [0.15, 0.2) is 33.2 Å². The van der Waals surface area contributed by atoms with Gasteiger partial charge >= 0.3 is 0 Å². The van der Waals surface area contributed by atoms with E-state index in [4.69, 9.17) is 0 Å². The van der Waals surface area contributed by atoms with Crippen LogP contribution in [0.3, 0.4) is 0 Å². The maximum Gasteiger partial charge on any atom is 0.143 e. The zero-order valence-corrected chi connectivity index (χ0v) is 10.2. The monoisotopic (exact) mass is 302 g/mol. The first-order valence-electron chi connectivity index (χ1n) is 3.72. The Kier molecular flexibility index (Phi) is 3.88. The van der Waals surface area contributed by atoms with Crippen LogP contribution in [-0.2, 0) is 4.79 Å². The van der Waals surface area contributed by atoms with Gasteiger partial charge in [0, 0.05) is 8.95 Å². The summed E-state index contributed by atoms with van der Waals surface area (Å²) in [4.78, 5) is 10.3. The van der Waals surface area contributed by atoms with Gasteiger partial charge in [0.1, 0.15) is 6.29 Å². The largest absolute Gasteiger partial charge is 0.299 e. The van der Waals surface area contributed by atoms with Gasteiger partial charge in [0.25, 0.3) is 0 Å². The van der Waals surface area contributed by atoms with Crippen LogP contribution < -0.4 is 0 Å². The zero-order chi connectivity index (χ0) is 9.84. The van der Waals surface area contributed by atoms with E-state index in [0.717, 1.165) is 26.4 Å². The predicted octanol–water partition coefficient (Wildman–Crippen LogP) is 3.81. The summed E-state index contributed by atoms with van der Waals surface area (Å²) >= 11 is 6.77. The molecule has 0 unspecified atom stereocenters. The molecule has 1 aromatic carbocycles. The van der Waals surface area contributed by atoms with Crippen molar-refractivity contribution in [2.45, 2.75) is 6.92 Å². The standard InChI is InChI=1S/C10H8Br2O/c1-7(2-3-13)8-4-9(11)6-10(12)5-8/h2-6H,1H3/b7-2+. The number of benzene rings is 1. The van der Waals surface area contributed by atoms with Crippen LogP contribution in [0.25, 0.3) is 5.57 Å². The lowest BCUT2D eigenvalue weighted by Gasteiger charge is -2.02. The van der Waals surface area contributed by atoms with Crippen molar-refractivity contribution in [1.82, 2.24) is 0 Å². The molecule has 1 aromatic rings. The Morgan fingerprint density at radius 2 is 1.77 bits per heavy atom. The molecule has 0 bridgehead atoms. The molecule has 0 heterocycles. The second-order valence-corrected chi connectivity index (χ2v) is 4.48. The Morgan fingerprint density at radius 3 is 2.23 bits per heavy atom. The van der Waals surface area contributed by atoms with Crippen molar-refractivity contribution in [1.29, 1.82) is 0 Å². The summed E-state index contributed by atoms with van der Waals surface area (Å²) in [5, 5.41) is 0. The molecule has 0 aliphatic rings. The van der Waals surface area contributed by atoms with Gasteiger partial charge in [-0.05, 0) is 42.3 Å². The highest BCUT2D eigenvalue weighted by atomic mass is 79.9. The van der Waals surface area contributed by atoms with Crippen LogP contribution >= 0.6 is 31.9 Å². The number of halogens is 2. The van der Waals surface area contributed by atoms with Crippen LogP contribution in [0, 0.1) is 0 Å². The third kappa shape index (κ3) is 3.08. The molecule has 0 radical (unpaired) electrons. The molecular weight excluding hydrogens is 296 g/mol. The maximum atomic E-state index is 10.3. The molecule has 1 rings (SSSR count). The van der Waals surface area contributed by atoms with E-state index < -0.39 is 0 Å². The fraction of sp³-hybridized carbons (Fsp3) is 0.100. The number of hydrogen-bond acceptors (Lipinski definition) is 1. The van der Waals surface area contributed by atoms with Crippen molar-refractivity contribution in [2.24, 2.45) is 0 Å². The number of carbonyl (C=O) groups is 1. The van der Waals surface area contributed by atoms with Gasteiger partial charge in [0.05, 0.1) is 0 Å². The molecule has 0 aromatic heterocycles. The second kappa shape index (κ2) is 4.72. The van der Waals surface area contributed by atoms with Crippen molar-refractivity contribution >= 4 is 43.7 Å². The van der Waals surface area contributed by atoms with Crippen LogP contribution in [0.5, 0.6) is 0 Å². The molecule has 0 amide bonds. The first kappa shape index (κ1) is 10.7. The van der Waals surface area contributed by atoms with Crippen molar-refractivity contribution in [2.75, 3.05) is 0 Å². The van der Waals surface area contributed by atoms with E-state index in [0.29, 0.717) is 0 Å². The number of hydrogen-bond donors (Lipinski definition) is 0. The van der Waals surface area contributed by atoms with Crippen LogP contribution in [0.4, 0.5) is 0 Å². The summed E-state index contributed by atoms with van der Waals surface area (Å²) in [7, 11) is 0. The molecule has 0 aliphatic heterocycles. The fourth-order valence-electron chi connectivity index (χ4n) is 0.980. The van der Waals surface area contributed by atoms with Crippen LogP contribution in [0.2, 0.25) is 0 Å². The molecule has 0 fully saturated rings. The number of carbonyl (C=O) groups excluding carboxylic acids is 1. The maximum absolute atomic E-state index is 10.3. The van der Waals surface area contributed by atoms with Crippen molar-refractivity contribution in [3.63, 3.8) is 0 Å². The highest BCUT2D eigenvalue weighted by Crippen LogP contribution is 2.24. The summed E-state index contributed by atoms with van der Waals surface area (Å²) < 4.78 is 1.99. The molecule has 0 spiro atoms. The molecule has 0 saturated carbocycles. The Bertz CT molecular complexity index is 336. The number of rotatable bonds is 2. The number of allylic oxidation sites excluding steroid dienone is 2. The van der Waals surface area contributed by atoms with E-state index >= 15 is 0 Å². The molecule has 0 saturated heterocycles. The molecular formula is C10H8Br2O. The van der Waals surface area contributed by atoms with Gasteiger partial charge < -0.3 is 0 Å². The van der Waals surface area contributed by atoms with E-state index in [2.05, 4.69) is 31.9 Å². The molecule has 13 heavy (non-hydrogen) atoms. The van der Waals surface area contributed by atoms with E-state index in [9.17, 15) is 4.79 Å². The van der Waals surface area contributed by atoms with Gasteiger partial charge in [-0.1, -0.05) is 31.9 Å². The van der Waals surface area contributed by atoms with E-state index in [1.54, 1.807) is 6.08 Å². The molecule has 3 heteroatoms. The molecule has 0 aliphatic carbocycles. The molecule has 68 valence electrons. The lowest BCUT2D eigenvalue weighted by Crippen LogP contribution is -1.81. The van der Waals surface area contributed by atoms with Gasteiger partial charge in [-0.2, -0.15) is 0 Å². The smallest absolute Gasteiger partial charge is 0.143 e. The Balaban J connectivity index is 3.15. The third-order valence-corrected chi connectivity index (χ3v) is 2.55. The Hall–Kier alpha value is -0.410. The third-order valence-electron chi connectivity index (χ3n) is 1.64. The normalized spacial score (nSPS) is 11.5. The Labute approximate surface area is 94.1 Å². The number of aldehydes is 1. The molecule has 1 nitrogen and oxygen atoms in total. The van der Waals surface area contributed by atoms with Crippen LogP contribution in [0.1, 0.15) is 12.5 Å². The highest BCUT2D eigenvalue weighted by Gasteiger charge is 1.98. The summed E-state index contributed by atoms with van der Waals surface area (Å²) in [5.41, 5.74) is 1.99. The molecule has 0 atom stereocenters. The summed E-state index contributed by atoms with van der Waals surface area (Å²) in [5.74, 6) is 0. The summed E-state index contributed by atoms with van der Waals surface area (Å²) in [6, 6.07) is 5.90. The highest BCUT2D eigenvalue weighted by molar-refractivity contribution is 9.11. The first-order valence-corrected chi connectivity index (χ1v) is 5.30. The average Bonchev–Trinajstić information content (AvgIpc) is 2.03. The van der Waals surface area contributed by atoms with E-state index in [1.807, 2.05) is 25.1 Å². The van der Waals surface area contributed by atoms with Gasteiger partial charge in [-0.3, -0.25) is 4.79 Å². The van der Waals surface area contributed by atoms with Crippen molar-refractivity contribution in [3.05, 3.63) is 38.8 Å². The minimum absolute atomic E-state index is 0.796. The van der Waals surface area contributed by atoms with Crippen LogP contribution in [-0.4, -0.2) is 6.29 Å². The quantitative estimate of drug-likeness (QED) is 0.600. The predicted molar refractivity (Wildman–Crippen MR) is 61.6 cm³/mol. The average molecular weight is 304 g/mol. The van der Waals surface area contributed by atoms with Crippen molar-refractivity contribution in [3.8, 4) is 0 Å². The summed E-state index contributed by atoms with van der Waals surface area (Å²) in [6.07, 6.45) is 2.35. The lowest BCUT2D eigenvalue weighted by atomic mass is 10.1. The first-order chi connectivity index (χ1) is 6.13. The second-order valence-electron chi connectivity index (χ2n) is 2.64. The minimum atomic E-state index is 0.796. The SMILES string of the molecule is C/C(=C\C=O)c1cc(Br)cc(Br)c1. The summed E-state index contributed by atoms with van der Waals surface area (Å²) in [6.45, 7) is 1.91. The fourth-order valence-corrected chi connectivity index (χ4v) is 2.27. The zero-order valence-electron chi connectivity index (χ0n) is 7.05. The van der Waals surface area contributed by atoms with Gasteiger partial charge in [-0.15, -0.1) is 0 Å². The van der Waals surface area contributed by atoms with Gasteiger partial charge in [0.2, 0.25) is 0 Å².